The highest BCUT2D eigenvalue weighted by Gasteiger charge is 2.20. The van der Waals surface area contributed by atoms with Crippen molar-refractivity contribution in [2.24, 2.45) is 0 Å². The summed E-state index contributed by atoms with van der Waals surface area (Å²) in [7, 11) is 0. The normalized spacial score (nSPS) is 9.85. The van der Waals surface area contributed by atoms with E-state index in [9.17, 15) is 18.9 Å². The summed E-state index contributed by atoms with van der Waals surface area (Å²) in [5.74, 6) is -3.03. The van der Waals surface area contributed by atoms with Crippen molar-refractivity contribution in [3.8, 4) is 17.7 Å². The lowest BCUT2D eigenvalue weighted by Gasteiger charge is -2.06. The number of hydrogen-bond donors (Lipinski definition) is 0. The second-order valence-corrected chi connectivity index (χ2v) is 3.57. The highest BCUT2D eigenvalue weighted by Crippen LogP contribution is 2.29. The van der Waals surface area contributed by atoms with Gasteiger partial charge in [0.2, 0.25) is 11.7 Å². The van der Waals surface area contributed by atoms with Crippen LogP contribution < -0.4 is 4.74 Å². The summed E-state index contributed by atoms with van der Waals surface area (Å²) in [6.07, 6.45) is 0. The number of pyridine rings is 1. The van der Waals surface area contributed by atoms with Gasteiger partial charge in [-0.25, -0.2) is 9.37 Å². The Morgan fingerprint density at radius 2 is 2.05 bits per heavy atom. The average Bonchev–Trinajstić information content (AvgIpc) is 2.42. The molecule has 1 aromatic carbocycles. The maximum absolute atomic E-state index is 13.6. The monoisotopic (exact) mass is 277 g/mol. The molecule has 0 saturated heterocycles. The van der Waals surface area contributed by atoms with E-state index < -0.39 is 28.0 Å². The van der Waals surface area contributed by atoms with E-state index in [1.807, 2.05) is 0 Å². The van der Waals surface area contributed by atoms with E-state index in [4.69, 9.17) is 10.00 Å². The molecule has 0 atom stereocenters. The topological polar surface area (TPSA) is 89.0 Å². The Hall–Kier alpha value is -3.08. The van der Waals surface area contributed by atoms with Crippen molar-refractivity contribution in [1.82, 2.24) is 4.98 Å². The summed E-state index contributed by atoms with van der Waals surface area (Å²) >= 11 is 0. The van der Waals surface area contributed by atoms with E-state index in [0.717, 1.165) is 0 Å². The van der Waals surface area contributed by atoms with Crippen molar-refractivity contribution >= 4 is 5.69 Å². The summed E-state index contributed by atoms with van der Waals surface area (Å²) < 4.78 is 31.9. The van der Waals surface area contributed by atoms with Gasteiger partial charge in [-0.2, -0.15) is 9.65 Å². The van der Waals surface area contributed by atoms with Gasteiger partial charge in [0.05, 0.1) is 11.0 Å². The largest absolute Gasteiger partial charge is 0.436 e. The number of nitriles is 1. The van der Waals surface area contributed by atoms with Crippen molar-refractivity contribution in [2.75, 3.05) is 0 Å². The number of benzene rings is 1. The minimum atomic E-state index is -1.23. The molecule has 20 heavy (non-hydrogen) atoms. The van der Waals surface area contributed by atoms with Gasteiger partial charge in [-0.3, -0.25) is 10.1 Å². The number of hydrogen-bond acceptors (Lipinski definition) is 5. The molecule has 0 N–H and O–H groups in total. The van der Waals surface area contributed by atoms with Gasteiger partial charge >= 0.3 is 5.69 Å². The SMILES string of the molecule is N#Cc1cccc(Oc2cc(F)c([N+](=O)[O-])cc2F)n1. The van der Waals surface area contributed by atoms with Gasteiger partial charge in [-0.1, -0.05) is 6.07 Å². The predicted octanol–water partition coefficient (Wildman–Crippen LogP) is 2.93. The van der Waals surface area contributed by atoms with Crippen molar-refractivity contribution in [1.29, 1.82) is 5.26 Å². The van der Waals surface area contributed by atoms with Gasteiger partial charge in [-0.15, -0.1) is 0 Å². The number of nitrogens with zero attached hydrogens (tertiary/aromatic N) is 3. The zero-order chi connectivity index (χ0) is 14.7. The van der Waals surface area contributed by atoms with E-state index in [0.29, 0.717) is 12.1 Å². The minimum absolute atomic E-state index is 0.0327. The first kappa shape index (κ1) is 13.4. The molecule has 0 aliphatic carbocycles. The van der Waals surface area contributed by atoms with Gasteiger partial charge in [0.1, 0.15) is 11.8 Å². The number of nitro benzene ring substituents is 1. The number of nitro groups is 1. The molecule has 6 nitrogen and oxygen atoms in total. The lowest BCUT2D eigenvalue weighted by molar-refractivity contribution is -0.387. The van der Waals surface area contributed by atoms with Crippen molar-refractivity contribution in [3.63, 3.8) is 0 Å². The molecule has 1 aromatic heterocycles. The van der Waals surface area contributed by atoms with Crippen LogP contribution in [0.3, 0.4) is 0 Å². The molecule has 1 heterocycles. The van der Waals surface area contributed by atoms with Gasteiger partial charge in [0.15, 0.2) is 11.6 Å². The third-order valence-electron chi connectivity index (χ3n) is 2.25. The van der Waals surface area contributed by atoms with Crippen LogP contribution in [0, 0.1) is 33.1 Å². The number of halogens is 2. The third-order valence-corrected chi connectivity index (χ3v) is 2.25. The first-order chi connectivity index (χ1) is 9.51. The molecule has 8 heteroatoms. The fourth-order valence-corrected chi connectivity index (χ4v) is 1.38. The highest BCUT2D eigenvalue weighted by atomic mass is 19.1. The van der Waals surface area contributed by atoms with Crippen LogP contribution >= 0.6 is 0 Å². The molecular weight excluding hydrogens is 272 g/mol. The molecule has 0 radical (unpaired) electrons. The first-order valence-electron chi connectivity index (χ1n) is 5.19. The zero-order valence-corrected chi connectivity index (χ0v) is 9.71. The molecule has 0 unspecified atom stereocenters. The smallest absolute Gasteiger partial charge is 0.307 e. The Kier molecular flexibility index (Phi) is 3.52. The lowest BCUT2D eigenvalue weighted by Crippen LogP contribution is -1.97. The number of ether oxygens (including phenoxy) is 1. The Morgan fingerprint density at radius 1 is 1.30 bits per heavy atom. The Labute approximate surface area is 111 Å². The number of aromatic nitrogens is 1. The molecule has 0 fully saturated rings. The fourth-order valence-electron chi connectivity index (χ4n) is 1.38. The van der Waals surface area contributed by atoms with Gasteiger partial charge in [0.25, 0.3) is 0 Å². The summed E-state index contributed by atoms with van der Waals surface area (Å²) in [5.41, 5.74) is -0.959. The predicted molar refractivity (Wildman–Crippen MR) is 62.0 cm³/mol. The van der Waals surface area contributed by atoms with E-state index >= 15 is 0 Å². The van der Waals surface area contributed by atoms with E-state index in [1.165, 1.54) is 18.2 Å². The zero-order valence-electron chi connectivity index (χ0n) is 9.71. The highest BCUT2D eigenvalue weighted by molar-refractivity contribution is 5.41. The molecule has 2 aromatic rings. The Morgan fingerprint density at radius 3 is 2.70 bits per heavy atom. The molecule has 100 valence electrons. The second-order valence-electron chi connectivity index (χ2n) is 3.57. The van der Waals surface area contributed by atoms with E-state index in [-0.39, 0.29) is 11.6 Å². The van der Waals surface area contributed by atoms with Crippen molar-refractivity contribution in [2.45, 2.75) is 0 Å². The molecule has 0 aliphatic rings. The molecular formula is C12H5F2N3O3. The maximum Gasteiger partial charge on any atom is 0.307 e. The van der Waals surface area contributed by atoms with Crippen LogP contribution in [0.4, 0.5) is 14.5 Å². The summed E-state index contributed by atoms with van der Waals surface area (Å²) in [6.45, 7) is 0. The van der Waals surface area contributed by atoms with E-state index in [1.54, 1.807) is 6.07 Å². The Bertz CT molecular complexity index is 728. The fraction of sp³-hybridized carbons (Fsp3) is 0. The molecule has 0 spiro atoms. The van der Waals surface area contributed by atoms with Crippen LogP contribution in [0.25, 0.3) is 0 Å². The first-order valence-corrected chi connectivity index (χ1v) is 5.19. The van der Waals surface area contributed by atoms with Gasteiger partial charge in [-0.05, 0) is 6.07 Å². The standard InChI is InChI=1S/C12H5F2N3O3/c13-8-5-11(9(14)4-10(8)17(18)19)20-12-3-1-2-7(6-15)16-12/h1-5H. The van der Waals surface area contributed by atoms with Crippen molar-refractivity contribution in [3.05, 3.63) is 57.8 Å². The number of rotatable bonds is 3. The van der Waals surface area contributed by atoms with Crippen LogP contribution in [-0.2, 0) is 0 Å². The molecule has 0 saturated carbocycles. The Balaban J connectivity index is 2.37. The van der Waals surface area contributed by atoms with E-state index in [2.05, 4.69) is 4.98 Å². The molecule has 2 rings (SSSR count). The van der Waals surface area contributed by atoms with Gasteiger partial charge < -0.3 is 4.74 Å². The van der Waals surface area contributed by atoms with Crippen LogP contribution in [-0.4, -0.2) is 9.91 Å². The second kappa shape index (κ2) is 5.27. The van der Waals surface area contributed by atoms with Crippen LogP contribution in [0.2, 0.25) is 0 Å². The van der Waals surface area contributed by atoms with Crippen molar-refractivity contribution < 1.29 is 18.4 Å². The maximum atomic E-state index is 13.6. The third kappa shape index (κ3) is 2.67. The molecule has 0 amide bonds. The van der Waals surface area contributed by atoms with Gasteiger partial charge in [0, 0.05) is 12.1 Å². The summed E-state index contributed by atoms with van der Waals surface area (Å²) in [6, 6.07) is 6.90. The molecule has 0 bridgehead atoms. The van der Waals surface area contributed by atoms with Crippen LogP contribution in [0.5, 0.6) is 11.6 Å². The lowest BCUT2D eigenvalue weighted by atomic mass is 10.3. The van der Waals surface area contributed by atoms with Crippen LogP contribution in [0.15, 0.2) is 30.3 Å². The molecule has 0 aliphatic heterocycles. The minimum Gasteiger partial charge on any atom is -0.436 e. The quantitative estimate of drug-likeness (QED) is 0.635. The van der Waals surface area contributed by atoms with Crippen LogP contribution in [0.1, 0.15) is 5.69 Å². The average molecular weight is 277 g/mol. The summed E-state index contributed by atoms with van der Waals surface area (Å²) in [5, 5.41) is 19.1. The summed E-state index contributed by atoms with van der Waals surface area (Å²) in [4.78, 5) is 13.1.